The van der Waals surface area contributed by atoms with Crippen LogP contribution in [0.2, 0.25) is 0 Å². The number of aliphatic carboxylic acids is 1. The molecule has 1 atom stereocenters. The molecule has 6 nitrogen and oxygen atoms in total. The largest absolute Gasteiger partial charge is 0.480 e. The van der Waals surface area contributed by atoms with Crippen molar-refractivity contribution in [2.45, 2.75) is 26.1 Å². The fraction of sp³-hybridized carbons (Fsp3) is 0.385. The lowest BCUT2D eigenvalue weighted by atomic mass is 10.1. The van der Waals surface area contributed by atoms with Gasteiger partial charge in [-0.05, 0) is 24.1 Å². The van der Waals surface area contributed by atoms with Gasteiger partial charge in [-0.2, -0.15) is 0 Å². The van der Waals surface area contributed by atoms with Gasteiger partial charge in [0.2, 0.25) is 0 Å². The lowest BCUT2D eigenvalue weighted by Crippen LogP contribution is -2.47. The van der Waals surface area contributed by atoms with Gasteiger partial charge < -0.3 is 14.9 Å². The standard InChI is InChI=1S/C13H15NO5/c1-2-10-13(18)14(6-12(16)17)9-5-8(7-15)3-4-11(9)19-10/h3-5,10,15H,2,6-7H2,1H3,(H,16,17). The van der Waals surface area contributed by atoms with Gasteiger partial charge in [-0.3, -0.25) is 14.5 Å². The number of carbonyl (C=O) groups excluding carboxylic acids is 1. The van der Waals surface area contributed by atoms with Gasteiger partial charge in [-0.1, -0.05) is 13.0 Å². The van der Waals surface area contributed by atoms with Crippen molar-refractivity contribution in [3.05, 3.63) is 23.8 Å². The molecule has 0 fully saturated rings. The minimum atomic E-state index is -1.09. The average molecular weight is 265 g/mol. The third-order valence-electron chi connectivity index (χ3n) is 2.97. The number of aliphatic hydroxyl groups is 1. The fourth-order valence-electron chi connectivity index (χ4n) is 2.02. The first-order chi connectivity index (χ1) is 9.06. The molecule has 1 heterocycles. The summed E-state index contributed by atoms with van der Waals surface area (Å²) in [5.41, 5.74) is 0.990. The van der Waals surface area contributed by atoms with Crippen molar-refractivity contribution in [3.8, 4) is 5.75 Å². The minimum absolute atomic E-state index is 0.181. The van der Waals surface area contributed by atoms with Crippen LogP contribution in [-0.4, -0.2) is 34.7 Å². The van der Waals surface area contributed by atoms with Crippen LogP contribution in [0.1, 0.15) is 18.9 Å². The summed E-state index contributed by atoms with van der Waals surface area (Å²) in [6.45, 7) is 1.20. The van der Waals surface area contributed by atoms with Crippen LogP contribution in [0.25, 0.3) is 0 Å². The molecule has 0 spiro atoms. The molecular formula is C13H15NO5. The molecule has 2 N–H and O–H groups in total. The first-order valence-electron chi connectivity index (χ1n) is 6.00. The zero-order valence-electron chi connectivity index (χ0n) is 10.5. The lowest BCUT2D eigenvalue weighted by Gasteiger charge is -2.33. The minimum Gasteiger partial charge on any atom is -0.480 e. The van der Waals surface area contributed by atoms with Gasteiger partial charge in [0, 0.05) is 0 Å². The molecule has 0 aromatic heterocycles. The number of rotatable bonds is 4. The van der Waals surface area contributed by atoms with Crippen molar-refractivity contribution in [2.24, 2.45) is 0 Å². The van der Waals surface area contributed by atoms with E-state index in [1.54, 1.807) is 25.1 Å². The highest BCUT2D eigenvalue weighted by molar-refractivity contribution is 6.03. The Morgan fingerprint density at radius 2 is 2.21 bits per heavy atom. The van der Waals surface area contributed by atoms with Crippen molar-refractivity contribution < 1.29 is 24.5 Å². The summed E-state index contributed by atoms with van der Waals surface area (Å²) < 4.78 is 5.54. The molecule has 1 aliphatic heterocycles. The Kier molecular flexibility index (Phi) is 3.71. The zero-order chi connectivity index (χ0) is 14.0. The molecule has 1 aliphatic rings. The number of amides is 1. The molecule has 0 saturated carbocycles. The predicted molar refractivity (Wildman–Crippen MR) is 67.1 cm³/mol. The number of hydrogen-bond donors (Lipinski definition) is 2. The van der Waals surface area contributed by atoms with Crippen LogP contribution in [0.15, 0.2) is 18.2 Å². The smallest absolute Gasteiger partial charge is 0.323 e. The number of carboxylic acids is 1. The van der Waals surface area contributed by atoms with Crippen LogP contribution in [0.3, 0.4) is 0 Å². The second-order valence-corrected chi connectivity index (χ2v) is 4.29. The van der Waals surface area contributed by atoms with Crippen molar-refractivity contribution in [2.75, 3.05) is 11.4 Å². The molecule has 0 radical (unpaired) electrons. The van der Waals surface area contributed by atoms with E-state index in [0.29, 0.717) is 23.4 Å². The second kappa shape index (κ2) is 5.27. The summed E-state index contributed by atoms with van der Waals surface area (Å²) in [6.07, 6.45) is -0.192. The fourth-order valence-corrected chi connectivity index (χ4v) is 2.02. The SMILES string of the molecule is CCC1Oc2ccc(CO)cc2N(CC(=O)O)C1=O. The molecule has 102 valence electrons. The summed E-state index contributed by atoms with van der Waals surface area (Å²) >= 11 is 0. The van der Waals surface area contributed by atoms with Gasteiger partial charge in [-0.15, -0.1) is 0 Å². The van der Waals surface area contributed by atoms with Crippen LogP contribution in [0.5, 0.6) is 5.75 Å². The number of carboxylic acid groups (broad SMARTS) is 1. The van der Waals surface area contributed by atoms with Crippen LogP contribution in [-0.2, 0) is 16.2 Å². The molecule has 1 aromatic carbocycles. The molecule has 19 heavy (non-hydrogen) atoms. The maximum absolute atomic E-state index is 12.1. The third kappa shape index (κ3) is 2.53. The van der Waals surface area contributed by atoms with Crippen molar-refractivity contribution >= 4 is 17.6 Å². The lowest BCUT2D eigenvalue weighted by molar-refractivity contribution is -0.137. The van der Waals surface area contributed by atoms with Crippen molar-refractivity contribution in [1.29, 1.82) is 0 Å². The van der Waals surface area contributed by atoms with E-state index in [0.717, 1.165) is 0 Å². The Morgan fingerprint density at radius 3 is 2.79 bits per heavy atom. The number of fused-ring (bicyclic) bond motifs is 1. The molecule has 0 bridgehead atoms. The maximum atomic E-state index is 12.1. The van der Waals surface area contributed by atoms with Gasteiger partial charge in [0.1, 0.15) is 12.3 Å². The van der Waals surface area contributed by atoms with Gasteiger partial charge in [0.25, 0.3) is 5.91 Å². The van der Waals surface area contributed by atoms with E-state index in [9.17, 15) is 9.59 Å². The number of hydrogen-bond acceptors (Lipinski definition) is 4. The summed E-state index contributed by atoms with van der Waals surface area (Å²) in [6, 6.07) is 4.90. The highest BCUT2D eigenvalue weighted by Gasteiger charge is 2.34. The number of carbonyl (C=O) groups is 2. The molecule has 2 rings (SSSR count). The number of ether oxygens (including phenoxy) is 1. The first-order valence-corrected chi connectivity index (χ1v) is 6.00. The number of anilines is 1. The average Bonchev–Trinajstić information content (AvgIpc) is 2.40. The third-order valence-corrected chi connectivity index (χ3v) is 2.97. The van der Waals surface area contributed by atoms with E-state index in [4.69, 9.17) is 14.9 Å². The Labute approximate surface area is 110 Å². The monoisotopic (exact) mass is 265 g/mol. The summed E-state index contributed by atoms with van der Waals surface area (Å²) in [4.78, 5) is 24.2. The van der Waals surface area contributed by atoms with Crippen LogP contribution in [0.4, 0.5) is 5.69 Å². The Morgan fingerprint density at radius 1 is 1.47 bits per heavy atom. The van der Waals surface area contributed by atoms with Crippen LogP contribution < -0.4 is 9.64 Å². The normalized spacial score (nSPS) is 17.9. The molecule has 1 amide bonds. The van der Waals surface area contributed by atoms with E-state index >= 15 is 0 Å². The first kappa shape index (κ1) is 13.4. The molecule has 1 aromatic rings. The zero-order valence-corrected chi connectivity index (χ0v) is 10.5. The molecule has 0 aliphatic carbocycles. The van der Waals surface area contributed by atoms with Crippen molar-refractivity contribution in [3.63, 3.8) is 0 Å². The molecule has 1 unspecified atom stereocenters. The van der Waals surface area contributed by atoms with E-state index in [1.165, 1.54) is 4.90 Å². The predicted octanol–water partition coefficient (Wildman–Crippen LogP) is 0.767. The van der Waals surface area contributed by atoms with E-state index in [1.807, 2.05) is 0 Å². The topological polar surface area (TPSA) is 87.1 Å². The van der Waals surface area contributed by atoms with Crippen LogP contribution >= 0.6 is 0 Å². The Hall–Kier alpha value is -2.08. The Balaban J connectivity index is 2.45. The quantitative estimate of drug-likeness (QED) is 0.839. The van der Waals surface area contributed by atoms with E-state index < -0.39 is 18.6 Å². The summed E-state index contributed by atoms with van der Waals surface area (Å²) in [5.74, 6) is -0.997. The molecule has 0 saturated heterocycles. The van der Waals surface area contributed by atoms with Gasteiger partial charge in [-0.25, -0.2) is 0 Å². The highest BCUT2D eigenvalue weighted by Crippen LogP contribution is 2.35. The number of aliphatic hydroxyl groups excluding tert-OH is 1. The van der Waals surface area contributed by atoms with E-state index in [2.05, 4.69) is 0 Å². The highest BCUT2D eigenvalue weighted by atomic mass is 16.5. The van der Waals surface area contributed by atoms with Crippen LogP contribution in [0, 0.1) is 0 Å². The van der Waals surface area contributed by atoms with E-state index in [-0.39, 0.29) is 12.5 Å². The number of benzene rings is 1. The second-order valence-electron chi connectivity index (χ2n) is 4.29. The molecular weight excluding hydrogens is 250 g/mol. The van der Waals surface area contributed by atoms with Gasteiger partial charge >= 0.3 is 5.97 Å². The van der Waals surface area contributed by atoms with Gasteiger partial charge in [0.15, 0.2) is 6.10 Å². The Bertz CT molecular complexity index is 514. The number of nitrogens with zero attached hydrogens (tertiary/aromatic N) is 1. The van der Waals surface area contributed by atoms with Gasteiger partial charge in [0.05, 0.1) is 12.3 Å². The summed E-state index contributed by atoms with van der Waals surface area (Å²) in [7, 11) is 0. The maximum Gasteiger partial charge on any atom is 0.323 e. The summed E-state index contributed by atoms with van der Waals surface area (Å²) in [5, 5.41) is 18.0. The van der Waals surface area contributed by atoms with Crippen molar-refractivity contribution in [1.82, 2.24) is 0 Å². The molecule has 6 heteroatoms.